The van der Waals surface area contributed by atoms with Gasteiger partial charge in [0.2, 0.25) is 5.91 Å². The first-order chi connectivity index (χ1) is 14.5. The number of nitrogens with one attached hydrogen (secondary N) is 2. The summed E-state index contributed by atoms with van der Waals surface area (Å²) in [5.74, 6) is -2.09. The van der Waals surface area contributed by atoms with Crippen molar-refractivity contribution in [3.8, 4) is 0 Å². The summed E-state index contributed by atoms with van der Waals surface area (Å²) >= 11 is 0. The van der Waals surface area contributed by atoms with E-state index in [1.807, 2.05) is 24.3 Å². The zero-order valence-electron chi connectivity index (χ0n) is 17.3. The number of esters is 1. The number of anilines is 1. The second kappa shape index (κ2) is 10.2. The smallest absolute Gasteiger partial charge is 0.321 e. The molecule has 2 aliphatic rings. The largest absolute Gasteiger partial charge is 0.455 e. The van der Waals surface area contributed by atoms with E-state index in [4.69, 9.17) is 4.74 Å². The van der Waals surface area contributed by atoms with E-state index in [9.17, 15) is 19.2 Å². The van der Waals surface area contributed by atoms with Gasteiger partial charge in [-0.05, 0) is 37.0 Å². The van der Waals surface area contributed by atoms with Crippen molar-refractivity contribution in [2.45, 2.75) is 57.9 Å². The van der Waals surface area contributed by atoms with Crippen LogP contribution in [0.5, 0.6) is 0 Å². The molecule has 2 fully saturated rings. The number of amides is 4. The minimum absolute atomic E-state index is 0.0398. The lowest BCUT2D eigenvalue weighted by Crippen LogP contribution is -2.46. The molecule has 3 rings (SSSR count). The monoisotopic (exact) mass is 415 g/mol. The van der Waals surface area contributed by atoms with Crippen LogP contribution in [0.3, 0.4) is 0 Å². The summed E-state index contributed by atoms with van der Waals surface area (Å²) in [5, 5.41) is 4.95. The second-order valence-corrected chi connectivity index (χ2v) is 7.89. The van der Waals surface area contributed by atoms with E-state index >= 15 is 0 Å². The Morgan fingerprint density at radius 3 is 2.47 bits per heavy atom. The summed E-state index contributed by atoms with van der Waals surface area (Å²) < 4.78 is 5.04. The number of rotatable bonds is 6. The van der Waals surface area contributed by atoms with Gasteiger partial charge in [0.1, 0.15) is 0 Å². The Morgan fingerprint density at radius 1 is 1.10 bits per heavy atom. The fourth-order valence-corrected chi connectivity index (χ4v) is 3.91. The first-order valence-electron chi connectivity index (χ1n) is 10.6. The molecule has 0 spiro atoms. The van der Waals surface area contributed by atoms with Gasteiger partial charge in [-0.3, -0.25) is 19.7 Å². The van der Waals surface area contributed by atoms with Gasteiger partial charge >= 0.3 is 12.0 Å². The SMILES string of the molecule is CCc1ccc(N2C[C@@H](C(=O)OCC(=O)NC(=O)NC3CCCCC3)CC2=O)cc1. The van der Waals surface area contributed by atoms with Crippen LogP contribution in [0.2, 0.25) is 0 Å². The zero-order chi connectivity index (χ0) is 21.5. The van der Waals surface area contributed by atoms with Crippen LogP contribution in [0, 0.1) is 5.92 Å². The fraction of sp³-hybridized carbons (Fsp3) is 0.545. The number of hydrogen-bond donors (Lipinski definition) is 2. The Morgan fingerprint density at radius 2 is 1.80 bits per heavy atom. The molecule has 1 aliphatic carbocycles. The highest BCUT2D eigenvalue weighted by Gasteiger charge is 2.36. The quantitative estimate of drug-likeness (QED) is 0.694. The molecular formula is C22H29N3O5. The second-order valence-electron chi connectivity index (χ2n) is 7.89. The highest BCUT2D eigenvalue weighted by molar-refractivity contribution is 6.00. The van der Waals surface area contributed by atoms with Crippen molar-refractivity contribution in [1.82, 2.24) is 10.6 Å². The Labute approximate surface area is 176 Å². The first-order valence-corrected chi connectivity index (χ1v) is 10.6. The molecule has 1 aromatic carbocycles. The normalized spacial score (nSPS) is 19.4. The number of aryl methyl sites for hydroxylation is 1. The average Bonchev–Trinajstić information content (AvgIpc) is 3.14. The Kier molecular flexibility index (Phi) is 7.43. The maximum absolute atomic E-state index is 12.3. The fourth-order valence-electron chi connectivity index (χ4n) is 3.91. The standard InChI is InChI=1S/C22H29N3O5/c1-2-15-8-10-18(11-9-15)25-13-16(12-20(25)27)21(28)30-14-19(26)24-22(29)23-17-6-4-3-5-7-17/h8-11,16-17H,2-7,12-14H2,1H3,(H2,23,24,26,29)/t16-/m0/s1. The number of ether oxygens (including phenoxy) is 1. The topological polar surface area (TPSA) is 105 Å². The van der Waals surface area contributed by atoms with Crippen LogP contribution in [0.15, 0.2) is 24.3 Å². The summed E-state index contributed by atoms with van der Waals surface area (Å²) in [6, 6.07) is 7.15. The number of carbonyl (C=O) groups is 4. The molecule has 1 aromatic rings. The van der Waals surface area contributed by atoms with Crippen LogP contribution in [-0.4, -0.2) is 43.0 Å². The van der Waals surface area contributed by atoms with Gasteiger partial charge < -0.3 is 15.0 Å². The maximum Gasteiger partial charge on any atom is 0.321 e. The molecule has 4 amide bonds. The lowest BCUT2D eigenvalue weighted by atomic mass is 9.96. The molecule has 1 saturated heterocycles. The molecule has 30 heavy (non-hydrogen) atoms. The molecule has 162 valence electrons. The minimum Gasteiger partial charge on any atom is -0.455 e. The summed E-state index contributed by atoms with van der Waals surface area (Å²) in [7, 11) is 0. The molecule has 0 unspecified atom stereocenters. The third kappa shape index (κ3) is 5.81. The average molecular weight is 415 g/mol. The van der Waals surface area contributed by atoms with Gasteiger partial charge in [-0.25, -0.2) is 4.79 Å². The van der Waals surface area contributed by atoms with Crippen molar-refractivity contribution >= 4 is 29.5 Å². The van der Waals surface area contributed by atoms with Gasteiger partial charge in [-0.15, -0.1) is 0 Å². The molecule has 1 aliphatic heterocycles. The predicted molar refractivity (Wildman–Crippen MR) is 111 cm³/mol. The van der Waals surface area contributed by atoms with Crippen molar-refractivity contribution in [1.29, 1.82) is 0 Å². The number of imide groups is 1. The van der Waals surface area contributed by atoms with Crippen molar-refractivity contribution in [2.24, 2.45) is 5.92 Å². The Balaban J connectivity index is 1.42. The number of urea groups is 1. The lowest BCUT2D eigenvalue weighted by molar-refractivity contribution is -0.152. The molecule has 1 saturated carbocycles. The van der Waals surface area contributed by atoms with Gasteiger partial charge in [0.25, 0.3) is 5.91 Å². The maximum atomic E-state index is 12.3. The summed E-state index contributed by atoms with van der Waals surface area (Å²) in [6.45, 7) is 1.72. The van der Waals surface area contributed by atoms with E-state index in [-0.39, 0.29) is 24.9 Å². The first kappa shape index (κ1) is 21.8. The third-order valence-electron chi connectivity index (χ3n) is 5.65. The van der Waals surface area contributed by atoms with Crippen molar-refractivity contribution < 1.29 is 23.9 Å². The highest BCUT2D eigenvalue weighted by Crippen LogP contribution is 2.26. The molecule has 1 heterocycles. The number of carbonyl (C=O) groups excluding carboxylic acids is 4. The van der Waals surface area contributed by atoms with Crippen molar-refractivity contribution in [3.05, 3.63) is 29.8 Å². The van der Waals surface area contributed by atoms with Crippen LogP contribution in [-0.2, 0) is 25.5 Å². The van der Waals surface area contributed by atoms with Crippen LogP contribution in [0.25, 0.3) is 0 Å². The van der Waals surface area contributed by atoms with Crippen LogP contribution in [0.1, 0.15) is 51.0 Å². The number of hydrogen-bond acceptors (Lipinski definition) is 5. The minimum atomic E-state index is -0.687. The van der Waals surface area contributed by atoms with Gasteiger partial charge in [-0.2, -0.15) is 0 Å². The van der Waals surface area contributed by atoms with Crippen LogP contribution in [0.4, 0.5) is 10.5 Å². The van der Waals surface area contributed by atoms with Gasteiger partial charge in [0, 0.05) is 24.7 Å². The molecular weight excluding hydrogens is 386 g/mol. The zero-order valence-corrected chi connectivity index (χ0v) is 17.3. The van der Waals surface area contributed by atoms with Crippen molar-refractivity contribution in [3.63, 3.8) is 0 Å². The molecule has 2 N–H and O–H groups in total. The van der Waals surface area contributed by atoms with E-state index in [0.717, 1.165) is 37.8 Å². The third-order valence-corrected chi connectivity index (χ3v) is 5.65. The van der Waals surface area contributed by atoms with Crippen LogP contribution < -0.4 is 15.5 Å². The van der Waals surface area contributed by atoms with Crippen molar-refractivity contribution in [2.75, 3.05) is 18.1 Å². The van der Waals surface area contributed by atoms with Gasteiger partial charge in [0.05, 0.1) is 5.92 Å². The molecule has 0 radical (unpaired) electrons. The van der Waals surface area contributed by atoms with Gasteiger partial charge in [-0.1, -0.05) is 38.3 Å². The van der Waals surface area contributed by atoms with E-state index in [1.165, 1.54) is 12.0 Å². The Bertz CT molecular complexity index is 786. The van der Waals surface area contributed by atoms with E-state index in [0.29, 0.717) is 0 Å². The molecule has 1 atom stereocenters. The Hall–Kier alpha value is -2.90. The molecule has 0 aromatic heterocycles. The summed E-state index contributed by atoms with van der Waals surface area (Å²) in [6.07, 6.45) is 6.06. The predicted octanol–water partition coefficient (Wildman–Crippen LogP) is 2.30. The van der Waals surface area contributed by atoms with Crippen LogP contribution >= 0.6 is 0 Å². The number of nitrogens with zero attached hydrogens (tertiary/aromatic N) is 1. The number of benzene rings is 1. The summed E-state index contributed by atoms with van der Waals surface area (Å²) in [4.78, 5) is 49.9. The molecule has 8 nitrogen and oxygen atoms in total. The van der Waals surface area contributed by atoms with E-state index in [1.54, 1.807) is 4.90 Å². The van der Waals surface area contributed by atoms with Gasteiger partial charge in [0.15, 0.2) is 6.61 Å². The highest BCUT2D eigenvalue weighted by atomic mass is 16.5. The molecule has 0 bridgehead atoms. The lowest BCUT2D eigenvalue weighted by Gasteiger charge is -2.22. The molecule has 8 heteroatoms. The van der Waals surface area contributed by atoms with E-state index in [2.05, 4.69) is 17.6 Å². The summed E-state index contributed by atoms with van der Waals surface area (Å²) in [5.41, 5.74) is 1.91. The van der Waals surface area contributed by atoms with E-state index < -0.39 is 30.4 Å².